The first kappa shape index (κ1) is 18.9. The van der Waals surface area contributed by atoms with Gasteiger partial charge in [0.15, 0.2) is 5.16 Å². The van der Waals surface area contributed by atoms with Crippen LogP contribution < -0.4 is 9.47 Å². The maximum Gasteiger partial charge on any atom is 0.169 e. The SMILES string of the molecule is CCCOc1ccc(-c2nc3n(c2-c2ccc(OCCC)cc2)CCS3)cc1. The summed E-state index contributed by atoms with van der Waals surface area (Å²) in [6, 6.07) is 16.7. The highest BCUT2D eigenvalue weighted by molar-refractivity contribution is 7.99. The molecule has 0 unspecified atom stereocenters. The number of aromatic nitrogens is 2. The van der Waals surface area contributed by atoms with Crippen LogP contribution in [0.4, 0.5) is 0 Å². The zero-order chi connectivity index (χ0) is 19.3. The minimum absolute atomic E-state index is 0.743. The summed E-state index contributed by atoms with van der Waals surface area (Å²) in [7, 11) is 0. The van der Waals surface area contributed by atoms with Gasteiger partial charge in [-0.3, -0.25) is 0 Å². The molecule has 0 spiro atoms. The Morgan fingerprint density at radius 3 is 2.00 bits per heavy atom. The lowest BCUT2D eigenvalue weighted by molar-refractivity contribution is 0.317. The molecule has 0 bridgehead atoms. The molecule has 0 radical (unpaired) electrons. The Labute approximate surface area is 170 Å². The Morgan fingerprint density at radius 1 is 0.857 bits per heavy atom. The average molecular weight is 395 g/mol. The van der Waals surface area contributed by atoms with Crippen LogP contribution in [0.1, 0.15) is 26.7 Å². The van der Waals surface area contributed by atoms with E-state index < -0.39 is 0 Å². The van der Waals surface area contributed by atoms with Gasteiger partial charge in [-0.1, -0.05) is 25.6 Å². The van der Waals surface area contributed by atoms with Gasteiger partial charge in [-0.05, 0) is 61.4 Å². The maximum atomic E-state index is 5.74. The summed E-state index contributed by atoms with van der Waals surface area (Å²) in [5, 5.41) is 1.10. The van der Waals surface area contributed by atoms with Crippen molar-refractivity contribution in [3.63, 3.8) is 0 Å². The Kier molecular flexibility index (Phi) is 5.91. The van der Waals surface area contributed by atoms with Crippen molar-refractivity contribution in [3.05, 3.63) is 48.5 Å². The van der Waals surface area contributed by atoms with E-state index in [1.807, 2.05) is 23.9 Å². The number of nitrogens with zero attached hydrogens (tertiary/aromatic N) is 2. The molecule has 2 heterocycles. The van der Waals surface area contributed by atoms with E-state index in [0.29, 0.717) is 0 Å². The lowest BCUT2D eigenvalue weighted by Gasteiger charge is -2.10. The van der Waals surface area contributed by atoms with Crippen LogP contribution >= 0.6 is 11.8 Å². The number of rotatable bonds is 8. The zero-order valence-electron chi connectivity index (χ0n) is 16.5. The van der Waals surface area contributed by atoms with Crippen LogP contribution in [0, 0.1) is 0 Å². The number of benzene rings is 2. The van der Waals surface area contributed by atoms with E-state index in [-0.39, 0.29) is 0 Å². The molecule has 28 heavy (non-hydrogen) atoms. The minimum atomic E-state index is 0.743. The van der Waals surface area contributed by atoms with E-state index in [1.54, 1.807) is 0 Å². The Morgan fingerprint density at radius 2 is 1.43 bits per heavy atom. The van der Waals surface area contributed by atoms with Gasteiger partial charge in [-0.25, -0.2) is 4.98 Å². The van der Waals surface area contributed by atoms with Crippen LogP contribution in [0.25, 0.3) is 22.5 Å². The molecule has 5 heteroatoms. The molecular formula is C23H26N2O2S. The molecule has 0 atom stereocenters. The first-order chi connectivity index (χ1) is 13.8. The van der Waals surface area contributed by atoms with Gasteiger partial charge in [0, 0.05) is 23.4 Å². The minimum Gasteiger partial charge on any atom is -0.494 e. The van der Waals surface area contributed by atoms with Crippen molar-refractivity contribution in [2.24, 2.45) is 0 Å². The fourth-order valence-corrected chi connectivity index (χ4v) is 4.28. The van der Waals surface area contributed by atoms with Crippen molar-refractivity contribution in [1.82, 2.24) is 9.55 Å². The molecule has 2 aromatic carbocycles. The summed E-state index contributed by atoms with van der Waals surface area (Å²) >= 11 is 1.82. The highest BCUT2D eigenvalue weighted by Crippen LogP contribution is 2.39. The summed E-state index contributed by atoms with van der Waals surface area (Å²) in [6.07, 6.45) is 2.02. The number of ether oxygens (including phenoxy) is 2. The molecular weight excluding hydrogens is 368 g/mol. The van der Waals surface area contributed by atoms with Gasteiger partial charge >= 0.3 is 0 Å². The van der Waals surface area contributed by atoms with E-state index in [2.05, 4.69) is 54.8 Å². The largest absolute Gasteiger partial charge is 0.494 e. The van der Waals surface area contributed by atoms with Crippen molar-refractivity contribution in [2.75, 3.05) is 19.0 Å². The van der Waals surface area contributed by atoms with Crippen molar-refractivity contribution in [2.45, 2.75) is 38.4 Å². The second-order valence-electron chi connectivity index (χ2n) is 6.84. The molecule has 146 valence electrons. The molecule has 0 aliphatic carbocycles. The lowest BCUT2D eigenvalue weighted by atomic mass is 10.0. The summed E-state index contributed by atoms with van der Waals surface area (Å²) in [5.41, 5.74) is 4.51. The van der Waals surface area contributed by atoms with Gasteiger partial charge in [-0.2, -0.15) is 0 Å². The third-order valence-corrected chi connectivity index (χ3v) is 5.64. The second kappa shape index (κ2) is 8.74. The number of hydrogen-bond acceptors (Lipinski definition) is 4. The van der Waals surface area contributed by atoms with Gasteiger partial charge < -0.3 is 14.0 Å². The van der Waals surface area contributed by atoms with Crippen molar-refractivity contribution in [3.8, 4) is 34.0 Å². The zero-order valence-corrected chi connectivity index (χ0v) is 17.3. The van der Waals surface area contributed by atoms with Crippen LogP contribution in [0.5, 0.6) is 11.5 Å². The smallest absolute Gasteiger partial charge is 0.169 e. The van der Waals surface area contributed by atoms with E-state index in [0.717, 1.165) is 66.3 Å². The lowest BCUT2D eigenvalue weighted by Crippen LogP contribution is -1.98. The van der Waals surface area contributed by atoms with E-state index in [4.69, 9.17) is 14.5 Å². The van der Waals surface area contributed by atoms with Gasteiger partial charge in [-0.15, -0.1) is 0 Å². The maximum absolute atomic E-state index is 5.74. The van der Waals surface area contributed by atoms with E-state index in [1.165, 1.54) is 11.3 Å². The first-order valence-electron chi connectivity index (χ1n) is 10.00. The van der Waals surface area contributed by atoms with Crippen LogP contribution in [-0.4, -0.2) is 28.5 Å². The molecule has 0 fully saturated rings. The Bertz CT molecular complexity index is 917. The van der Waals surface area contributed by atoms with Crippen LogP contribution in [0.15, 0.2) is 53.7 Å². The predicted molar refractivity (Wildman–Crippen MR) is 115 cm³/mol. The highest BCUT2D eigenvalue weighted by Gasteiger charge is 2.23. The average Bonchev–Trinajstić information content (AvgIpc) is 3.33. The number of fused-ring (bicyclic) bond motifs is 1. The Balaban J connectivity index is 1.67. The van der Waals surface area contributed by atoms with Gasteiger partial charge in [0.2, 0.25) is 0 Å². The molecule has 4 rings (SSSR count). The van der Waals surface area contributed by atoms with Crippen LogP contribution in [-0.2, 0) is 6.54 Å². The van der Waals surface area contributed by atoms with Gasteiger partial charge in [0.05, 0.1) is 24.6 Å². The second-order valence-corrected chi connectivity index (χ2v) is 7.90. The summed E-state index contributed by atoms with van der Waals surface area (Å²) in [5.74, 6) is 2.91. The van der Waals surface area contributed by atoms with Gasteiger partial charge in [0.1, 0.15) is 11.5 Å². The van der Waals surface area contributed by atoms with E-state index >= 15 is 0 Å². The fourth-order valence-electron chi connectivity index (χ4n) is 3.33. The number of thioether (sulfide) groups is 1. The predicted octanol–water partition coefficient (Wildman–Crippen LogP) is 5.90. The molecule has 0 saturated heterocycles. The third kappa shape index (κ3) is 3.90. The molecule has 0 N–H and O–H groups in total. The summed E-state index contributed by atoms with van der Waals surface area (Å²) in [4.78, 5) is 4.96. The number of hydrogen-bond donors (Lipinski definition) is 0. The molecule has 3 aromatic rings. The van der Waals surface area contributed by atoms with Crippen molar-refractivity contribution < 1.29 is 9.47 Å². The van der Waals surface area contributed by atoms with Crippen molar-refractivity contribution >= 4 is 11.8 Å². The first-order valence-corrected chi connectivity index (χ1v) is 11.0. The van der Waals surface area contributed by atoms with E-state index in [9.17, 15) is 0 Å². The monoisotopic (exact) mass is 394 g/mol. The van der Waals surface area contributed by atoms with Crippen LogP contribution in [0.2, 0.25) is 0 Å². The quantitative estimate of drug-likeness (QED) is 0.476. The molecule has 1 aliphatic rings. The third-order valence-electron chi connectivity index (χ3n) is 4.68. The van der Waals surface area contributed by atoms with Crippen LogP contribution in [0.3, 0.4) is 0 Å². The summed E-state index contributed by atoms with van der Waals surface area (Å²) in [6.45, 7) is 6.71. The molecule has 4 nitrogen and oxygen atoms in total. The molecule has 1 aliphatic heterocycles. The summed E-state index contributed by atoms with van der Waals surface area (Å²) < 4.78 is 13.8. The van der Waals surface area contributed by atoms with Gasteiger partial charge in [0.25, 0.3) is 0 Å². The fraction of sp³-hybridized carbons (Fsp3) is 0.348. The number of imidazole rings is 1. The van der Waals surface area contributed by atoms with Crippen molar-refractivity contribution in [1.29, 1.82) is 0 Å². The Hall–Kier alpha value is -2.40. The normalized spacial score (nSPS) is 12.8. The topological polar surface area (TPSA) is 36.3 Å². The standard InChI is InChI=1S/C23H26N2O2S/c1-3-14-26-19-9-5-17(6-10-19)21-22(25-13-16-28-23(25)24-21)18-7-11-20(12-8-18)27-15-4-2/h5-12H,3-4,13-16H2,1-2H3. The molecule has 0 saturated carbocycles. The molecule has 0 amide bonds. The highest BCUT2D eigenvalue weighted by atomic mass is 32.2. The molecule has 1 aromatic heterocycles.